The number of hydrogen-bond acceptors (Lipinski definition) is 6. The molecule has 2 aromatic carbocycles. The average Bonchev–Trinajstić information content (AvgIpc) is 3.20. The third-order valence-corrected chi connectivity index (χ3v) is 6.28. The predicted octanol–water partition coefficient (Wildman–Crippen LogP) is 4.31. The summed E-state index contributed by atoms with van der Waals surface area (Å²) in [5.74, 6) is 0.205. The molecule has 0 radical (unpaired) electrons. The standard InChI is InChI=1S/C24H28N4O3S/c1-15-10-18(28-32(2,3)30)13-21-23(15)20(26-14-27-21)11-16-8-9-17(24(25)29)12-22(16)31-19-6-4-5-7-19/h8-10,12-14,19H,4-7,11H2,1-3H3,(H2,25,29). The molecule has 0 unspecified atom stereocenters. The Bertz CT molecular complexity index is 1300. The fourth-order valence-electron chi connectivity index (χ4n) is 4.22. The molecule has 0 aliphatic heterocycles. The Morgan fingerprint density at radius 2 is 1.94 bits per heavy atom. The summed E-state index contributed by atoms with van der Waals surface area (Å²) in [4.78, 5) is 20.7. The van der Waals surface area contributed by atoms with Gasteiger partial charge < -0.3 is 10.5 Å². The number of benzene rings is 2. The molecule has 0 atom stereocenters. The van der Waals surface area contributed by atoms with E-state index in [-0.39, 0.29) is 6.10 Å². The highest BCUT2D eigenvalue weighted by atomic mass is 32.2. The maximum atomic E-state index is 12.1. The number of rotatable bonds is 6. The number of ether oxygens (including phenoxy) is 1. The molecular weight excluding hydrogens is 424 g/mol. The molecule has 4 rings (SSSR count). The molecule has 1 aliphatic carbocycles. The van der Waals surface area contributed by atoms with Gasteiger partial charge >= 0.3 is 0 Å². The summed E-state index contributed by atoms with van der Waals surface area (Å²) in [6.45, 7) is 1.98. The van der Waals surface area contributed by atoms with Crippen LogP contribution in [0.15, 0.2) is 41.0 Å². The number of nitrogens with two attached hydrogens (primary N) is 1. The lowest BCUT2D eigenvalue weighted by Gasteiger charge is -2.18. The van der Waals surface area contributed by atoms with Gasteiger partial charge in [-0.3, -0.25) is 4.79 Å². The van der Waals surface area contributed by atoms with Crippen LogP contribution in [0.5, 0.6) is 5.75 Å². The van der Waals surface area contributed by atoms with E-state index in [9.17, 15) is 9.00 Å². The number of aryl methyl sites for hydroxylation is 1. The first-order chi connectivity index (χ1) is 15.2. The highest BCUT2D eigenvalue weighted by Crippen LogP contribution is 2.32. The minimum atomic E-state index is -2.27. The van der Waals surface area contributed by atoms with Crippen LogP contribution < -0.4 is 10.5 Å². The van der Waals surface area contributed by atoms with Gasteiger partial charge in [-0.25, -0.2) is 14.2 Å². The van der Waals surface area contributed by atoms with Crippen LogP contribution in [0, 0.1) is 6.92 Å². The summed E-state index contributed by atoms with van der Waals surface area (Å²) in [6, 6.07) is 9.11. The number of primary amides is 1. The fourth-order valence-corrected chi connectivity index (χ4v) is 4.84. The van der Waals surface area contributed by atoms with Crippen molar-refractivity contribution in [2.75, 3.05) is 12.5 Å². The summed E-state index contributed by atoms with van der Waals surface area (Å²) in [7, 11) is -2.27. The SMILES string of the molecule is Cc1cc(N=S(C)(C)=O)cc2ncnc(Cc3ccc(C(N)=O)cc3OC3CCCC3)c12. The van der Waals surface area contributed by atoms with E-state index in [4.69, 9.17) is 10.5 Å². The lowest BCUT2D eigenvalue weighted by molar-refractivity contribution is 0.0999. The van der Waals surface area contributed by atoms with E-state index in [1.807, 2.05) is 25.1 Å². The molecule has 1 heterocycles. The van der Waals surface area contributed by atoms with Gasteiger partial charge in [0.15, 0.2) is 0 Å². The highest BCUT2D eigenvalue weighted by molar-refractivity contribution is 7.92. The second kappa shape index (κ2) is 8.86. The van der Waals surface area contributed by atoms with Gasteiger partial charge in [0, 0.05) is 45.2 Å². The summed E-state index contributed by atoms with van der Waals surface area (Å²) >= 11 is 0. The van der Waals surface area contributed by atoms with Gasteiger partial charge in [-0.1, -0.05) is 6.07 Å². The van der Waals surface area contributed by atoms with Crippen LogP contribution in [0.3, 0.4) is 0 Å². The number of nitrogens with zero attached hydrogens (tertiary/aromatic N) is 3. The van der Waals surface area contributed by atoms with Crippen LogP contribution in [0.25, 0.3) is 10.9 Å². The molecular formula is C24H28N4O3S. The Hall–Kier alpha value is -3.00. The molecule has 7 nitrogen and oxygen atoms in total. The molecule has 1 fully saturated rings. The lowest BCUT2D eigenvalue weighted by atomic mass is 10.00. The molecule has 3 aromatic rings. The minimum Gasteiger partial charge on any atom is -0.490 e. The number of amides is 1. The lowest BCUT2D eigenvalue weighted by Crippen LogP contribution is -2.15. The third kappa shape index (κ3) is 5.07. The van der Waals surface area contributed by atoms with E-state index in [0.29, 0.717) is 23.4 Å². The first-order valence-corrected chi connectivity index (χ1v) is 13.0. The first-order valence-electron chi connectivity index (χ1n) is 10.7. The highest BCUT2D eigenvalue weighted by Gasteiger charge is 2.20. The van der Waals surface area contributed by atoms with E-state index >= 15 is 0 Å². The third-order valence-electron chi connectivity index (χ3n) is 5.63. The van der Waals surface area contributed by atoms with Crippen molar-refractivity contribution in [3.05, 3.63) is 59.0 Å². The van der Waals surface area contributed by atoms with Crippen molar-refractivity contribution >= 4 is 32.2 Å². The molecule has 0 bridgehead atoms. The van der Waals surface area contributed by atoms with E-state index in [1.54, 1.807) is 24.6 Å². The van der Waals surface area contributed by atoms with Crippen molar-refractivity contribution in [1.29, 1.82) is 0 Å². The molecule has 1 aromatic heterocycles. The van der Waals surface area contributed by atoms with Gasteiger partial charge in [-0.2, -0.15) is 4.36 Å². The molecule has 0 spiro atoms. The van der Waals surface area contributed by atoms with Crippen LogP contribution in [-0.4, -0.2) is 38.7 Å². The largest absolute Gasteiger partial charge is 0.490 e. The summed E-state index contributed by atoms with van der Waals surface area (Å²) in [5, 5.41) is 0.941. The van der Waals surface area contributed by atoms with Crippen LogP contribution in [0.4, 0.5) is 5.69 Å². The van der Waals surface area contributed by atoms with Crippen molar-refractivity contribution in [2.24, 2.45) is 10.1 Å². The average molecular weight is 453 g/mol. The zero-order valence-corrected chi connectivity index (χ0v) is 19.4. The van der Waals surface area contributed by atoms with Crippen molar-refractivity contribution in [3.8, 4) is 5.75 Å². The molecule has 0 saturated heterocycles. The molecule has 2 N–H and O–H groups in total. The van der Waals surface area contributed by atoms with Crippen molar-refractivity contribution in [1.82, 2.24) is 9.97 Å². The fraction of sp³-hybridized carbons (Fsp3) is 0.375. The molecule has 1 saturated carbocycles. The Balaban J connectivity index is 1.75. The van der Waals surface area contributed by atoms with E-state index in [2.05, 4.69) is 14.3 Å². The van der Waals surface area contributed by atoms with Gasteiger partial charge in [0.25, 0.3) is 0 Å². The van der Waals surface area contributed by atoms with Crippen molar-refractivity contribution < 1.29 is 13.7 Å². The molecule has 1 aliphatic rings. The van der Waals surface area contributed by atoms with Crippen LogP contribution in [-0.2, 0) is 16.1 Å². The minimum absolute atomic E-state index is 0.155. The second-order valence-electron chi connectivity index (χ2n) is 8.64. The van der Waals surface area contributed by atoms with Gasteiger partial charge in [0.2, 0.25) is 5.91 Å². The zero-order chi connectivity index (χ0) is 22.9. The van der Waals surface area contributed by atoms with E-state index in [1.165, 1.54) is 6.33 Å². The summed E-state index contributed by atoms with van der Waals surface area (Å²) in [6.07, 6.45) is 9.77. The predicted molar refractivity (Wildman–Crippen MR) is 127 cm³/mol. The second-order valence-corrected chi connectivity index (χ2v) is 11.2. The molecule has 32 heavy (non-hydrogen) atoms. The number of fused-ring (bicyclic) bond motifs is 1. The normalized spacial score (nSPS) is 14.6. The first kappa shape index (κ1) is 22.2. The Morgan fingerprint density at radius 3 is 2.62 bits per heavy atom. The van der Waals surface area contributed by atoms with Crippen LogP contribution in [0.2, 0.25) is 0 Å². The monoisotopic (exact) mass is 452 g/mol. The molecule has 8 heteroatoms. The molecule has 1 amide bonds. The number of aromatic nitrogens is 2. The van der Waals surface area contributed by atoms with Gasteiger partial charge in [-0.05, 0) is 62.4 Å². The summed E-state index contributed by atoms with van der Waals surface area (Å²) in [5.41, 5.74) is 10.1. The van der Waals surface area contributed by atoms with Gasteiger partial charge in [0.05, 0.1) is 23.0 Å². The maximum Gasteiger partial charge on any atom is 0.248 e. The Labute approximate surface area is 188 Å². The van der Waals surface area contributed by atoms with E-state index < -0.39 is 15.6 Å². The van der Waals surface area contributed by atoms with Gasteiger partial charge in [-0.15, -0.1) is 0 Å². The van der Waals surface area contributed by atoms with Crippen LogP contribution in [0.1, 0.15) is 52.9 Å². The van der Waals surface area contributed by atoms with Crippen molar-refractivity contribution in [3.63, 3.8) is 0 Å². The quantitative estimate of drug-likeness (QED) is 0.600. The zero-order valence-electron chi connectivity index (χ0n) is 18.6. The number of hydrogen-bond donors (Lipinski definition) is 1. The molecule has 168 valence electrons. The smallest absolute Gasteiger partial charge is 0.248 e. The number of carbonyl (C=O) groups is 1. The Morgan fingerprint density at radius 1 is 1.19 bits per heavy atom. The topological polar surface area (TPSA) is 108 Å². The number of carbonyl (C=O) groups excluding carboxylic acids is 1. The van der Waals surface area contributed by atoms with Gasteiger partial charge in [0.1, 0.15) is 12.1 Å². The van der Waals surface area contributed by atoms with E-state index in [0.717, 1.165) is 53.4 Å². The van der Waals surface area contributed by atoms with Crippen LogP contribution >= 0.6 is 0 Å². The van der Waals surface area contributed by atoms with Crippen molar-refractivity contribution in [2.45, 2.75) is 45.1 Å². The summed E-state index contributed by atoms with van der Waals surface area (Å²) < 4.78 is 22.7. The maximum absolute atomic E-state index is 12.1. The Kier molecular flexibility index (Phi) is 6.15.